The molecule has 2 aromatic carbocycles. The van der Waals surface area contributed by atoms with Gasteiger partial charge in [-0.3, -0.25) is 9.36 Å². The van der Waals surface area contributed by atoms with E-state index in [1.54, 1.807) is 4.57 Å². The van der Waals surface area contributed by atoms with Crippen molar-refractivity contribution in [3.8, 4) is 17.1 Å². The van der Waals surface area contributed by atoms with Crippen molar-refractivity contribution in [2.75, 3.05) is 6.61 Å². The Morgan fingerprint density at radius 3 is 2.45 bits per heavy atom. The van der Waals surface area contributed by atoms with E-state index in [0.717, 1.165) is 23.0 Å². The summed E-state index contributed by atoms with van der Waals surface area (Å²) in [5.74, 6) is 0. The number of aliphatic hydroxyl groups excluding tert-OH is 1. The Balaban J connectivity index is 1.88. The quantitative estimate of drug-likeness (QED) is 0.341. The molecule has 0 aliphatic rings. The van der Waals surface area contributed by atoms with Crippen LogP contribution in [0.15, 0.2) is 53.1 Å². The Morgan fingerprint density at radius 1 is 1.16 bits per heavy atom. The molecule has 0 radical (unpaired) electrons. The molecule has 0 saturated carbocycles. The Labute approximate surface area is 191 Å². The Hall–Kier alpha value is -2.48. The van der Waals surface area contributed by atoms with Gasteiger partial charge in [-0.15, -0.1) is 0 Å². The molecule has 0 spiro atoms. The summed E-state index contributed by atoms with van der Waals surface area (Å²) in [6.07, 6.45) is -0.260. The first-order valence-electron chi connectivity index (χ1n) is 10.1. The van der Waals surface area contributed by atoms with Crippen LogP contribution in [0.25, 0.3) is 11.1 Å². The van der Waals surface area contributed by atoms with E-state index in [2.05, 4.69) is 20.9 Å². The molecule has 1 unspecified atom stereocenters. The Bertz CT molecular complexity index is 1040. The van der Waals surface area contributed by atoms with Crippen LogP contribution < -0.4 is 4.74 Å². The van der Waals surface area contributed by atoms with Crippen molar-refractivity contribution >= 4 is 22.2 Å². The molecule has 1 atom stereocenters. The highest BCUT2D eigenvalue weighted by atomic mass is 79.9. The van der Waals surface area contributed by atoms with Gasteiger partial charge in [0.05, 0.1) is 18.8 Å². The number of nitrogens with zero attached hydrogens (tertiary/aromatic N) is 2. The van der Waals surface area contributed by atoms with Crippen LogP contribution in [0, 0.1) is 0 Å². The number of hydrogen-bond acceptors (Lipinski definition) is 5. The SMILES string of the molecule is CCOc1nc(Br)c(C=O)n1Cc1ccc(-c2ccccc2C(O)OC(C)(C)C)cc1. The number of carbonyl (C=O) groups is 1. The lowest BCUT2D eigenvalue weighted by atomic mass is 9.98. The second-order valence-corrected chi connectivity index (χ2v) is 8.83. The number of halogens is 1. The first kappa shape index (κ1) is 23.2. The Morgan fingerprint density at radius 2 is 1.84 bits per heavy atom. The monoisotopic (exact) mass is 486 g/mol. The number of aliphatic hydroxyl groups is 1. The molecule has 1 aromatic heterocycles. The molecule has 164 valence electrons. The summed E-state index contributed by atoms with van der Waals surface area (Å²) < 4.78 is 13.5. The highest BCUT2D eigenvalue weighted by Gasteiger charge is 2.21. The molecular weight excluding hydrogens is 460 g/mol. The second kappa shape index (κ2) is 9.77. The van der Waals surface area contributed by atoms with Crippen molar-refractivity contribution in [3.63, 3.8) is 0 Å². The van der Waals surface area contributed by atoms with Gasteiger partial charge in [0.15, 0.2) is 12.6 Å². The molecule has 3 rings (SSSR count). The largest absolute Gasteiger partial charge is 0.465 e. The van der Waals surface area contributed by atoms with Gasteiger partial charge in [0, 0.05) is 5.56 Å². The number of benzene rings is 2. The van der Waals surface area contributed by atoms with E-state index in [1.165, 1.54) is 0 Å². The predicted octanol–water partition coefficient (Wildman–Crippen LogP) is 5.38. The van der Waals surface area contributed by atoms with Gasteiger partial charge in [-0.05, 0) is 60.3 Å². The smallest absolute Gasteiger partial charge is 0.298 e. The molecule has 7 heteroatoms. The highest BCUT2D eigenvalue weighted by Crippen LogP contribution is 2.31. The van der Waals surface area contributed by atoms with Crippen LogP contribution in [-0.4, -0.2) is 33.2 Å². The third-order valence-corrected chi connectivity index (χ3v) is 5.19. The lowest BCUT2D eigenvalue weighted by Gasteiger charge is -2.25. The van der Waals surface area contributed by atoms with Crippen molar-refractivity contribution in [2.45, 2.75) is 46.1 Å². The normalized spacial score (nSPS) is 12.6. The van der Waals surface area contributed by atoms with Gasteiger partial charge >= 0.3 is 0 Å². The average molecular weight is 487 g/mol. The zero-order valence-electron chi connectivity index (χ0n) is 18.1. The molecule has 0 amide bonds. The number of imidazole rings is 1. The molecule has 31 heavy (non-hydrogen) atoms. The van der Waals surface area contributed by atoms with Gasteiger partial charge in [-0.2, -0.15) is 4.98 Å². The first-order valence-corrected chi connectivity index (χ1v) is 10.9. The summed E-state index contributed by atoms with van der Waals surface area (Å²) in [7, 11) is 0. The van der Waals surface area contributed by atoms with Crippen LogP contribution in [0.5, 0.6) is 6.01 Å². The number of aromatic nitrogens is 2. The highest BCUT2D eigenvalue weighted by molar-refractivity contribution is 9.10. The van der Waals surface area contributed by atoms with E-state index in [9.17, 15) is 9.90 Å². The third-order valence-electron chi connectivity index (χ3n) is 4.61. The van der Waals surface area contributed by atoms with E-state index < -0.39 is 11.9 Å². The molecule has 0 fully saturated rings. The minimum absolute atomic E-state index is 0.397. The molecule has 3 aromatic rings. The minimum atomic E-state index is -1.02. The lowest BCUT2D eigenvalue weighted by Crippen LogP contribution is -2.22. The topological polar surface area (TPSA) is 73.6 Å². The average Bonchev–Trinajstić information content (AvgIpc) is 3.01. The van der Waals surface area contributed by atoms with Crippen molar-refractivity contribution in [1.29, 1.82) is 0 Å². The second-order valence-electron chi connectivity index (χ2n) is 8.07. The van der Waals surface area contributed by atoms with Gasteiger partial charge < -0.3 is 14.6 Å². The number of carbonyl (C=O) groups excluding carboxylic acids is 1. The fourth-order valence-corrected chi connectivity index (χ4v) is 3.73. The maximum absolute atomic E-state index is 11.5. The molecule has 1 heterocycles. The van der Waals surface area contributed by atoms with Gasteiger partial charge in [-0.1, -0.05) is 48.5 Å². The van der Waals surface area contributed by atoms with Gasteiger partial charge in [-0.25, -0.2) is 0 Å². The summed E-state index contributed by atoms with van der Waals surface area (Å²) in [6, 6.07) is 16.0. The molecule has 1 N–H and O–H groups in total. The lowest BCUT2D eigenvalue weighted by molar-refractivity contribution is -0.169. The van der Waals surface area contributed by atoms with Crippen molar-refractivity contribution in [3.05, 3.63) is 70.0 Å². The third kappa shape index (κ3) is 5.61. The summed E-state index contributed by atoms with van der Waals surface area (Å²) in [4.78, 5) is 15.8. The van der Waals surface area contributed by atoms with Gasteiger partial charge in [0.2, 0.25) is 0 Å². The van der Waals surface area contributed by atoms with Gasteiger partial charge in [0.1, 0.15) is 10.3 Å². The van der Waals surface area contributed by atoms with E-state index >= 15 is 0 Å². The van der Waals surface area contributed by atoms with Crippen LogP contribution in [0.4, 0.5) is 0 Å². The van der Waals surface area contributed by atoms with Crippen LogP contribution in [0.2, 0.25) is 0 Å². The summed E-state index contributed by atoms with van der Waals surface area (Å²) in [5, 5.41) is 10.6. The fraction of sp³-hybridized carbons (Fsp3) is 0.333. The van der Waals surface area contributed by atoms with Crippen molar-refractivity contribution < 1.29 is 19.4 Å². The number of aldehydes is 1. The van der Waals surface area contributed by atoms with E-state index in [1.807, 2.05) is 76.2 Å². The standard InChI is InChI=1S/C24H27BrN2O4/c1-5-30-23-26-21(25)20(15-28)27(23)14-16-10-12-17(13-11-16)18-8-6-7-9-19(18)22(29)31-24(2,3)4/h6-13,15,22,29H,5,14H2,1-4H3. The number of rotatable bonds is 8. The molecule has 0 aliphatic carbocycles. The van der Waals surface area contributed by atoms with E-state index in [0.29, 0.717) is 35.0 Å². The summed E-state index contributed by atoms with van der Waals surface area (Å²) in [5.41, 5.74) is 3.53. The summed E-state index contributed by atoms with van der Waals surface area (Å²) in [6.45, 7) is 8.50. The molecule has 0 aliphatic heterocycles. The van der Waals surface area contributed by atoms with E-state index in [-0.39, 0.29) is 0 Å². The minimum Gasteiger partial charge on any atom is -0.465 e. The van der Waals surface area contributed by atoms with Crippen molar-refractivity contribution in [1.82, 2.24) is 9.55 Å². The molecular formula is C24H27BrN2O4. The first-order chi connectivity index (χ1) is 14.7. The van der Waals surface area contributed by atoms with Crippen LogP contribution >= 0.6 is 15.9 Å². The molecule has 0 bridgehead atoms. The van der Waals surface area contributed by atoms with Crippen LogP contribution in [0.1, 0.15) is 55.6 Å². The maximum Gasteiger partial charge on any atom is 0.298 e. The number of hydrogen-bond donors (Lipinski definition) is 1. The molecule has 0 saturated heterocycles. The van der Waals surface area contributed by atoms with Crippen LogP contribution in [-0.2, 0) is 11.3 Å². The Kier molecular flexibility index (Phi) is 7.30. The zero-order chi connectivity index (χ0) is 22.6. The van der Waals surface area contributed by atoms with Crippen molar-refractivity contribution in [2.24, 2.45) is 0 Å². The maximum atomic E-state index is 11.5. The number of ether oxygens (including phenoxy) is 2. The molecule has 6 nitrogen and oxygen atoms in total. The van der Waals surface area contributed by atoms with Crippen LogP contribution in [0.3, 0.4) is 0 Å². The summed E-state index contributed by atoms with van der Waals surface area (Å²) >= 11 is 3.32. The van der Waals surface area contributed by atoms with Gasteiger partial charge in [0.25, 0.3) is 6.01 Å². The predicted molar refractivity (Wildman–Crippen MR) is 123 cm³/mol. The zero-order valence-corrected chi connectivity index (χ0v) is 19.7. The fourth-order valence-electron chi connectivity index (χ4n) is 3.27. The van der Waals surface area contributed by atoms with E-state index in [4.69, 9.17) is 9.47 Å².